The van der Waals surface area contributed by atoms with Gasteiger partial charge in [0.15, 0.2) is 0 Å². The van der Waals surface area contributed by atoms with Crippen molar-refractivity contribution in [1.82, 2.24) is 19.2 Å². The van der Waals surface area contributed by atoms with Crippen LogP contribution in [0.1, 0.15) is 25.7 Å². The van der Waals surface area contributed by atoms with Crippen molar-refractivity contribution < 1.29 is 31.4 Å². The number of rotatable bonds is 14. The Hall–Kier alpha value is -2.62. The molecule has 0 bridgehead atoms. The molecule has 2 aliphatic heterocycles. The van der Waals surface area contributed by atoms with E-state index in [1.165, 1.54) is 12.1 Å². The molecule has 3 aromatic rings. The van der Waals surface area contributed by atoms with Gasteiger partial charge in [-0.3, -0.25) is 0 Å². The summed E-state index contributed by atoms with van der Waals surface area (Å²) in [6, 6.07) is 19.2. The molecule has 0 saturated carbocycles. The van der Waals surface area contributed by atoms with Crippen LogP contribution in [0.5, 0.6) is 5.75 Å². The normalized spacial score (nSPS) is 19.8. The van der Waals surface area contributed by atoms with Gasteiger partial charge >= 0.3 is 0 Å². The first kappa shape index (κ1) is 33.7. The van der Waals surface area contributed by atoms with Gasteiger partial charge in [-0.1, -0.05) is 36.4 Å². The average molecular weight is 661 g/mol. The van der Waals surface area contributed by atoms with Crippen LogP contribution in [-0.2, 0) is 24.8 Å². The molecule has 2 aliphatic rings. The van der Waals surface area contributed by atoms with Crippen LogP contribution in [0.2, 0.25) is 0 Å². The minimum Gasteiger partial charge on any atom is -0.491 e. The summed E-state index contributed by atoms with van der Waals surface area (Å²) >= 11 is 0. The first-order valence-corrected chi connectivity index (χ1v) is 18.3. The van der Waals surface area contributed by atoms with E-state index >= 15 is 0 Å². The Morgan fingerprint density at radius 1 is 1.00 bits per heavy atom. The van der Waals surface area contributed by atoms with Gasteiger partial charge in [0.1, 0.15) is 18.5 Å². The molecule has 3 N–H and O–H groups in total. The van der Waals surface area contributed by atoms with E-state index in [-0.39, 0.29) is 29.7 Å². The minimum atomic E-state index is -3.66. The molecule has 0 aromatic heterocycles. The Morgan fingerprint density at radius 2 is 1.76 bits per heavy atom. The van der Waals surface area contributed by atoms with E-state index in [4.69, 9.17) is 9.47 Å². The quantitative estimate of drug-likeness (QED) is 0.223. The predicted molar refractivity (Wildman–Crippen MR) is 173 cm³/mol. The predicted octanol–water partition coefficient (Wildman–Crippen LogP) is 2.41. The van der Waals surface area contributed by atoms with Gasteiger partial charge < -0.3 is 24.8 Å². The van der Waals surface area contributed by atoms with Gasteiger partial charge in [-0.25, -0.2) is 21.6 Å². The van der Waals surface area contributed by atoms with Crippen LogP contribution in [0.3, 0.4) is 0 Å². The number of piperidine rings is 1. The Kier molecular flexibility index (Phi) is 10.8. The minimum absolute atomic E-state index is 0.00687. The van der Waals surface area contributed by atoms with E-state index in [2.05, 4.69) is 10.0 Å². The largest absolute Gasteiger partial charge is 0.491 e. The van der Waals surface area contributed by atoms with Crippen LogP contribution in [-0.4, -0.2) is 109 Å². The molecule has 0 radical (unpaired) electrons. The zero-order chi connectivity index (χ0) is 32.1. The first-order valence-electron chi connectivity index (χ1n) is 15.4. The molecule has 246 valence electrons. The fourth-order valence-corrected chi connectivity index (χ4v) is 8.49. The van der Waals surface area contributed by atoms with Crippen molar-refractivity contribution in [1.29, 1.82) is 0 Å². The van der Waals surface area contributed by atoms with Crippen LogP contribution >= 0.6 is 0 Å². The number of benzene rings is 3. The molecule has 0 amide bonds. The van der Waals surface area contributed by atoms with Crippen molar-refractivity contribution in [2.75, 3.05) is 60.0 Å². The molecule has 3 aromatic carbocycles. The fraction of sp³-hybridized carbons (Fsp3) is 0.500. The Bertz CT molecular complexity index is 1660. The van der Waals surface area contributed by atoms with E-state index in [1.807, 2.05) is 49.3 Å². The van der Waals surface area contributed by atoms with Crippen LogP contribution in [0, 0.1) is 0 Å². The number of ether oxygens (including phenoxy) is 2. The Labute approximate surface area is 266 Å². The maximum Gasteiger partial charge on any atom is 0.243 e. The Morgan fingerprint density at radius 3 is 2.51 bits per heavy atom. The molecular formula is C32H44N4O7S2. The van der Waals surface area contributed by atoms with Crippen molar-refractivity contribution in [3.05, 3.63) is 66.7 Å². The monoisotopic (exact) mass is 660 g/mol. The van der Waals surface area contributed by atoms with Crippen molar-refractivity contribution >= 4 is 30.8 Å². The molecule has 0 aliphatic carbocycles. The van der Waals surface area contributed by atoms with Gasteiger partial charge in [0.2, 0.25) is 20.0 Å². The lowest BCUT2D eigenvalue weighted by atomic mass is 9.88. The molecule has 45 heavy (non-hydrogen) atoms. The fourth-order valence-electron chi connectivity index (χ4n) is 5.91. The average Bonchev–Trinajstić information content (AvgIpc) is 3.43. The summed E-state index contributed by atoms with van der Waals surface area (Å²) in [5.74, 6) is 0.360. The zero-order valence-corrected chi connectivity index (χ0v) is 27.5. The lowest BCUT2D eigenvalue weighted by molar-refractivity contribution is -0.0312. The van der Waals surface area contributed by atoms with Gasteiger partial charge in [0.05, 0.1) is 22.0 Å². The number of fused-ring (bicyclic) bond motifs is 1. The van der Waals surface area contributed by atoms with Gasteiger partial charge in [0, 0.05) is 38.3 Å². The highest BCUT2D eigenvalue weighted by Gasteiger charge is 2.44. The highest BCUT2D eigenvalue weighted by atomic mass is 32.2. The summed E-state index contributed by atoms with van der Waals surface area (Å²) in [4.78, 5) is 2.41. The lowest BCUT2D eigenvalue weighted by Crippen LogP contribution is -2.47. The van der Waals surface area contributed by atoms with Crippen LogP contribution in [0.25, 0.3) is 10.8 Å². The van der Waals surface area contributed by atoms with E-state index in [9.17, 15) is 21.9 Å². The summed E-state index contributed by atoms with van der Waals surface area (Å²) in [6.45, 7) is 2.64. The lowest BCUT2D eigenvalue weighted by Gasteiger charge is -2.38. The van der Waals surface area contributed by atoms with Crippen molar-refractivity contribution in [2.24, 2.45) is 0 Å². The van der Waals surface area contributed by atoms with Gasteiger partial charge in [-0.2, -0.15) is 4.31 Å². The molecule has 2 heterocycles. The third-order valence-corrected chi connectivity index (χ3v) is 11.8. The number of nitrogens with zero attached hydrogens (tertiary/aromatic N) is 2. The van der Waals surface area contributed by atoms with Gasteiger partial charge in [0.25, 0.3) is 0 Å². The summed E-state index contributed by atoms with van der Waals surface area (Å²) in [6.07, 6.45) is 1.81. The van der Waals surface area contributed by atoms with Gasteiger partial charge in [-0.15, -0.1) is 0 Å². The van der Waals surface area contributed by atoms with Crippen molar-refractivity contribution in [3.8, 4) is 5.75 Å². The summed E-state index contributed by atoms with van der Waals surface area (Å²) < 4.78 is 68.1. The van der Waals surface area contributed by atoms with E-state index in [0.717, 1.165) is 23.7 Å². The number of nitrogens with one attached hydrogen (secondary N) is 2. The highest BCUT2D eigenvalue weighted by Crippen LogP contribution is 2.37. The maximum absolute atomic E-state index is 13.4. The molecular weight excluding hydrogens is 617 g/mol. The molecule has 11 nitrogen and oxygen atoms in total. The number of hydrogen-bond acceptors (Lipinski definition) is 9. The standard InChI is InChI=1S/C32H44N4O7S2/c1-35(2)16-6-15-34-44(38,39)30-10-5-9-29(20-30)42-24-28(37)22-33-27-21-32(43-23-27)13-17-36(18-14-32)45(40,41)31-12-11-25-7-3-4-8-26(25)19-31/h3-5,7-12,19-20,27-28,33-34,37H,6,13-18,21-24H2,1-2H3/t27?,28-/m0/s1. The second-order valence-electron chi connectivity index (χ2n) is 12.2. The molecule has 13 heteroatoms. The summed E-state index contributed by atoms with van der Waals surface area (Å²) in [5.41, 5.74) is -0.388. The summed E-state index contributed by atoms with van der Waals surface area (Å²) in [7, 11) is -3.40. The highest BCUT2D eigenvalue weighted by molar-refractivity contribution is 7.89. The second-order valence-corrected chi connectivity index (χ2v) is 15.9. The molecule has 2 saturated heterocycles. The van der Waals surface area contributed by atoms with Crippen LogP contribution in [0.4, 0.5) is 0 Å². The van der Waals surface area contributed by atoms with E-state index in [1.54, 1.807) is 28.6 Å². The molecule has 2 atom stereocenters. The van der Waals surface area contributed by atoms with Crippen molar-refractivity contribution in [3.63, 3.8) is 0 Å². The smallest absolute Gasteiger partial charge is 0.243 e. The number of sulfonamides is 2. The molecule has 5 rings (SSSR count). The van der Waals surface area contributed by atoms with Gasteiger partial charge in [-0.05, 0) is 81.4 Å². The third-order valence-electron chi connectivity index (χ3n) is 8.48. The van der Waals surface area contributed by atoms with Crippen LogP contribution < -0.4 is 14.8 Å². The summed E-state index contributed by atoms with van der Waals surface area (Å²) in [5, 5.41) is 15.8. The molecule has 1 unspecified atom stereocenters. The number of aliphatic hydroxyl groups is 1. The maximum atomic E-state index is 13.4. The first-order chi connectivity index (χ1) is 21.5. The second kappa shape index (κ2) is 14.4. The number of aliphatic hydroxyl groups excluding tert-OH is 1. The van der Waals surface area contributed by atoms with Crippen molar-refractivity contribution in [2.45, 2.75) is 53.2 Å². The SMILES string of the molecule is CN(C)CCCNS(=O)(=O)c1cccc(OC[C@@H](O)CNC2COC3(CCN(S(=O)(=O)c4ccc5ccccc5c4)CC3)C2)c1. The molecule has 1 spiro atoms. The Balaban J connectivity index is 1.05. The zero-order valence-electron chi connectivity index (χ0n) is 25.9. The van der Waals surface area contributed by atoms with E-state index in [0.29, 0.717) is 56.1 Å². The number of hydrogen-bond donors (Lipinski definition) is 3. The third kappa shape index (κ3) is 8.60. The molecule has 2 fully saturated rings. The van der Waals surface area contributed by atoms with E-state index < -0.39 is 26.2 Å². The van der Waals surface area contributed by atoms with Crippen LogP contribution in [0.15, 0.2) is 76.5 Å². The topological polar surface area (TPSA) is 138 Å².